The summed E-state index contributed by atoms with van der Waals surface area (Å²) in [6, 6.07) is 9.86. The van der Waals surface area contributed by atoms with E-state index in [0.29, 0.717) is 13.2 Å². The van der Waals surface area contributed by atoms with Gasteiger partial charge in [0.05, 0.1) is 19.3 Å². The summed E-state index contributed by atoms with van der Waals surface area (Å²) in [6.07, 6.45) is 0.551. The molecule has 82 valence electrons. The van der Waals surface area contributed by atoms with Crippen molar-refractivity contribution in [3.8, 4) is 0 Å². The van der Waals surface area contributed by atoms with Gasteiger partial charge in [0.25, 0.3) is 0 Å². The molecule has 0 aliphatic carbocycles. The summed E-state index contributed by atoms with van der Waals surface area (Å²) >= 11 is 0. The van der Waals surface area contributed by atoms with E-state index < -0.39 is 0 Å². The number of ether oxygens (including phenoxy) is 2. The highest BCUT2D eigenvalue weighted by molar-refractivity contribution is 5.16. The van der Waals surface area contributed by atoms with Gasteiger partial charge in [0.1, 0.15) is 0 Å². The SMILES string of the molecule is NOCC1CCOC(c2ccccc2)O1. The normalized spacial score (nSPS) is 26.5. The van der Waals surface area contributed by atoms with Crippen LogP contribution < -0.4 is 5.90 Å². The zero-order chi connectivity index (χ0) is 10.5. The summed E-state index contributed by atoms with van der Waals surface area (Å²) in [7, 11) is 0. The lowest BCUT2D eigenvalue weighted by Gasteiger charge is -2.29. The summed E-state index contributed by atoms with van der Waals surface area (Å²) in [5, 5.41) is 0. The van der Waals surface area contributed by atoms with Gasteiger partial charge < -0.3 is 14.3 Å². The summed E-state index contributed by atoms with van der Waals surface area (Å²) < 4.78 is 11.2. The van der Waals surface area contributed by atoms with Crippen LogP contribution in [0.5, 0.6) is 0 Å². The molecule has 2 rings (SSSR count). The van der Waals surface area contributed by atoms with E-state index in [1.165, 1.54) is 0 Å². The molecule has 1 aliphatic heterocycles. The summed E-state index contributed by atoms with van der Waals surface area (Å²) in [4.78, 5) is 4.58. The van der Waals surface area contributed by atoms with E-state index in [1.807, 2.05) is 30.3 Å². The molecule has 0 radical (unpaired) electrons. The van der Waals surface area contributed by atoms with Crippen molar-refractivity contribution < 1.29 is 14.3 Å². The number of hydrogen-bond donors (Lipinski definition) is 1. The maximum Gasteiger partial charge on any atom is 0.184 e. The first-order valence-electron chi connectivity index (χ1n) is 5.04. The Bertz CT molecular complexity index is 289. The third-order valence-corrected chi connectivity index (χ3v) is 2.38. The predicted octanol–water partition coefficient (Wildman–Crippen LogP) is 1.38. The van der Waals surface area contributed by atoms with Gasteiger partial charge in [-0.25, -0.2) is 5.90 Å². The first kappa shape index (κ1) is 10.6. The zero-order valence-corrected chi connectivity index (χ0v) is 8.46. The first-order chi connectivity index (χ1) is 7.40. The maximum absolute atomic E-state index is 5.69. The molecular weight excluding hydrogens is 194 g/mol. The molecule has 4 nitrogen and oxygen atoms in total. The maximum atomic E-state index is 5.69. The van der Waals surface area contributed by atoms with E-state index in [2.05, 4.69) is 4.84 Å². The van der Waals surface area contributed by atoms with Crippen LogP contribution in [0, 0.1) is 0 Å². The van der Waals surface area contributed by atoms with Crippen LogP contribution in [-0.2, 0) is 14.3 Å². The van der Waals surface area contributed by atoms with E-state index in [0.717, 1.165) is 12.0 Å². The molecular formula is C11H15NO3. The quantitative estimate of drug-likeness (QED) is 0.764. The standard InChI is InChI=1S/C11H15NO3/c12-14-8-10-6-7-13-11(15-10)9-4-2-1-3-5-9/h1-5,10-11H,6-8,12H2. The highest BCUT2D eigenvalue weighted by Gasteiger charge is 2.23. The van der Waals surface area contributed by atoms with Gasteiger partial charge in [0.2, 0.25) is 0 Å². The molecule has 2 unspecified atom stereocenters. The Morgan fingerprint density at radius 2 is 2.13 bits per heavy atom. The average Bonchev–Trinajstić information content (AvgIpc) is 2.31. The minimum atomic E-state index is -0.292. The second-order valence-corrected chi connectivity index (χ2v) is 3.49. The molecule has 1 saturated heterocycles. The van der Waals surface area contributed by atoms with Gasteiger partial charge in [-0.2, -0.15) is 0 Å². The zero-order valence-electron chi connectivity index (χ0n) is 8.46. The van der Waals surface area contributed by atoms with Crippen molar-refractivity contribution in [3.63, 3.8) is 0 Å². The van der Waals surface area contributed by atoms with Crippen molar-refractivity contribution in [2.75, 3.05) is 13.2 Å². The van der Waals surface area contributed by atoms with E-state index in [4.69, 9.17) is 15.4 Å². The largest absolute Gasteiger partial charge is 0.348 e. The van der Waals surface area contributed by atoms with Gasteiger partial charge in [0.15, 0.2) is 6.29 Å². The molecule has 0 bridgehead atoms. The fourth-order valence-corrected chi connectivity index (χ4v) is 1.60. The van der Waals surface area contributed by atoms with Gasteiger partial charge in [-0.1, -0.05) is 30.3 Å². The van der Waals surface area contributed by atoms with Crippen LogP contribution in [-0.4, -0.2) is 19.3 Å². The Balaban J connectivity index is 1.98. The topological polar surface area (TPSA) is 53.7 Å². The van der Waals surface area contributed by atoms with E-state index in [1.54, 1.807) is 0 Å². The Hall–Kier alpha value is -0.940. The average molecular weight is 209 g/mol. The van der Waals surface area contributed by atoms with Crippen LogP contribution in [0.25, 0.3) is 0 Å². The van der Waals surface area contributed by atoms with E-state index in [9.17, 15) is 0 Å². The minimum absolute atomic E-state index is 0.0222. The lowest BCUT2D eigenvalue weighted by atomic mass is 10.2. The third-order valence-electron chi connectivity index (χ3n) is 2.38. The van der Waals surface area contributed by atoms with Crippen LogP contribution in [0.15, 0.2) is 30.3 Å². The van der Waals surface area contributed by atoms with Gasteiger partial charge in [-0.15, -0.1) is 0 Å². The predicted molar refractivity (Wildman–Crippen MR) is 54.8 cm³/mol. The van der Waals surface area contributed by atoms with Crippen LogP contribution in [0.1, 0.15) is 18.3 Å². The third kappa shape index (κ3) is 2.76. The summed E-state index contributed by atoms with van der Waals surface area (Å²) in [5.41, 5.74) is 1.03. The van der Waals surface area contributed by atoms with Crippen molar-refractivity contribution in [3.05, 3.63) is 35.9 Å². The molecule has 15 heavy (non-hydrogen) atoms. The molecule has 0 aromatic heterocycles. The Morgan fingerprint density at radius 1 is 1.33 bits per heavy atom. The number of rotatable bonds is 3. The van der Waals surface area contributed by atoms with Crippen molar-refractivity contribution in [1.29, 1.82) is 0 Å². The smallest absolute Gasteiger partial charge is 0.184 e. The fraction of sp³-hybridized carbons (Fsp3) is 0.455. The van der Waals surface area contributed by atoms with Crippen molar-refractivity contribution in [2.45, 2.75) is 18.8 Å². The summed E-state index contributed by atoms with van der Waals surface area (Å²) in [6.45, 7) is 1.08. The Kier molecular flexibility index (Phi) is 3.69. The van der Waals surface area contributed by atoms with Crippen molar-refractivity contribution in [1.82, 2.24) is 0 Å². The second kappa shape index (κ2) is 5.23. The van der Waals surface area contributed by atoms with Gasteiger partial charge in [-0.3, -0.25) is 0 Å². The van der Waals surface area contributed by atoms with Crippen LogP contribution >= 0.6 is 0 Å². The molecule has 0 spiro atoms. The second-order valence-electron chi connectivity index (χ2n) is 3.49. The molecule has 1 aromatic rings. The number of hydrogen-bond acceptors (Lipinski definition) is 4. The lowest BCUT2D eigenvalue weighted by molar-refractivity contribution is -0.227. The Morgan fingerprint density at radius 3 is 2.87 bits per heavy atom. The molecule has 0 amide bonds. The number of nitrogens with two attached hydrogens (primary N) is 1. The highest BCUT2D eigenvalue weighted by atomic mass is 16.7. The molecule has 1 fully saturated rings. The Labute approximate surface area is 88.9 Å². The van der Waals surface area contributed by atoms with Crippen molar-refractivity contribution >= 4 is 0 Å². The monoisotopic (exact) mass is 209 g/mol. The van der Waals surface area contributed by atoms with E-state index >= 15 is 0 Å². The van der Waals surface area contributed by atoms with E-state index in [-0.39, 0.29) is 12.4 Å². The molecule has 1 aromatic carbocycles. The van der Waals surface area contributed by atoms with Gasteiger partial charge >= 0.3 is 0 Å². The highest BCUT2D eigenvalue weighted by Crippen LogP contribution is 2.25. The van der Waals surface area contributed by atoms with Crippen molar-refractivity contribution in [2.24, 2.45) is 5.90 Å². The molecule has 1 aliphatic rings. The van der Waals surface area contributed by atoms with Gasteiger partial charge in [0, 0.05) is 5.56 Å². The molecule has 2 N–H and O–H groups in total. The van der Waals surface area contributed by atoms with Crippen LogP contribution in [0.3, 0.4) is 0 Å². The van der Waals surface area contributed by atoms with Gasteiger partial charge in [-0.05, 0) is 6.42 Å². The lowest BCUT2D eigenvalue weighted by Crippen LogP contribution is -2.31. The fourth-order valence-electron chi connectivity index (χ4n) is 1.60. The van der Waals surface area contributed by atoms with Crippen LogP contribution in [0.2, 0.25) is 0 Å². The summed E-state index contributed by atoms with van der Waals surface area (Å²) in [5.74, 6) is 5.02. The molecule has 1 heterocycles. The minimum Gasteiger partial charge on any atom is -0.348 e. The molecule has 0 saturated carbocycles. The molecule has 2 atom stereocenters. The first-order valence-corrected chi connectivity index (χ1v) is 5.04. The van der Waals surface area contributed by atoms with Crippen LogP contribution in [0.4, 0.5) is 0 Å². The number of benzene rings is 1. The molecule has 4 heteroatoms.